The second-order valence-corrected chi connectivity index (χ2v) is 9.43. The van der Waals surface area contributed by atoms with E-state index in [1.807, 2.05) is 38.1 Å². The predicted octanol–water partition coefficient (Wildman–Crippen LogP) is 2.13. The Bertz CT molecular complexity index is 1020. The molecule has 1 aliphatic heterocycles. The minimum atomic E-state index is -0.413. The molecule has 0 bridgehead atoms. The van der Waals surface area contributed by atoms with Crippen molar-refractivity contribution >= 4 is 29.1 Å². The summed E-state index contributed by atoms with van der Waals surface area (Å²) in [6, 6.07) is 7.55. The van der Waals surface area contributed by atoms with Crippen LogP contribution in [0.3, 0.4) is 0 Å². The van der Waals surface area contributed by atoms with Crippen LogP contribution in [0.15, 0.2) is 24.3 Å². The summed E-state index contributed by atoms with van der Waals surface area (Å²) in [4.78, 5) is 46.1. The first-order valence-electron chi connectivity index (χ1n) is 11.1. The molecule has 1 fully saturated rings. The van der Waals surface area contributed by atoms with Gasteiger partial charge in [0.2, 0.25) is 11.8 Å². The van der Waals surface area contributed by atoms with Crippen LogP contribution in [-0.4, -0.2) is 79.1 Å². The van der Waals surface area contributed by atoms with Crippen LogP contribution in [-0.2, 0) is 36.9 Å². The lowest BCUT2D eigenvalue weighted by atomic mass is 10.2. The average molecular weight is 490 g/mol. The van der Waals surface area contributed by atoms with Gasteiger partial charge in [0, 0.05) is 24.5 Å². The number of benzene rings is 1. The van der Waals surface area contributed by atoms with Gasteiger partial charge in [-0.2, -0.15) is 0 Å². The monoisotopic (exact) mass is 489 g/mol. The molecule has 34 heavy (non-hydrogen) atoms. The zero-order valence-corrected chi connectivity index (χ0v) is 20.9. The fraction of sp³-hybridized carbons (Fsp3) is 0.500. The molecule has 2 aromatic rings. The molecule has 0 aliphatic carbocycles. The molecule has 1 atom stereocenters. The number of aromatic nitrogens is 1. The minimum Gasteiger partial charge on any atom is -0.497 e. The first-order valence-corrected chi connectivity index (χ1v) is 11.9. The fourth-order valence-corrected chi connectivity index (χ4v) is 4.71. The number of amides is 2. The van der Waals surface area contributed by atoms with Gasteiger partial charge in [0.15, 0.2) is 0 Å². The Morgan fingerprint density at radius 2 is 2.00 bits per heavy atom. The molecule has 0 N–H and O–H groups in total. The van der Waals surface area contributed by atoms with E-state index in [1.165, 1.54) is 18.4 Å². The van der Waals surface area contributed by atoms with Crippen molar-refractivity contribution in [3.05, 3.63) is 45.4 Å². The highest BCUT2D eigenvalue weighted by molar-refractivity contribution is 7.11. The van der Waals surface area contributed by atoms with Crippen LogP contribution in [0.2, 0.25) is 0 Å². The van der Waals surface area contributed by atoms with Crippen LogP contribution < -0.4 is 4.74 Å². The summed E-state index contributed by atoms with van der Waals surface area (Å²) in [5.74, 6) is -0.0365. The number of hydrogen-bond acceptors (Lipinski definition) is 8. The summed E-state index contributed by atoms with van der Waals surface area (Å²) in [5.41, 5.74) is 1.76. The Morgan fingerprint density at radius 3 is 2.68 bits per heavy atom. The summed E-state index contributed by atoms with van der Waals surface area (Å²) in [5, 5.41) is 0.903. The van der Waals surface area contributed by atoms with Crippen LogP contribution in [0.25, 0.3) is 0 Å². The van der Waals surface area contributed by atoms with Gasteiger partial charge in [-0.05, 0) is 31.5 Å². The van der Waals surface area contributed by atoms with Gasteiger partial charge in [-0.25, -0.2) is 4.98 Å². The quantitative estimate of drug-likeness (QED) is 0.498. The standard InChI is InChI=1S/C24H31N3O6S/c1-16-21(34-17(2)25-16)11-22(28)27-13-20(33-15-18-6-5-7-19(10-18)31-3)12-26(23(29)14-27)9-8-24(30)32-4/h5-7,10,20H,8-9,11-15H2,1-4H3. The molecule has 0 radical (unpaired) electrons. The molecule has 10 heteroatoms. The number of esters is 1. The molecular formula is C24H31N3O6S. The number of methoxy groups -OCH3 is 2. The Labute approximate surface area is 203 Å². The Morgan fingerprint density at radius 1 is 1.21 bits per heavy atom. The Hall–Kier alpha value is -2.98. The zero-order chi connectivity index (χ0) is 24.7. The molecular weight excluding hydrogens is 458 g/mol. The van der Waals surface area contributed by atoms with E-state index in [9.17, 15) is 14.4 Å². The minimum absolute atomic E-state index is 0.0597. The van der Waals surface area contributed by atoms with Gasteiger partial charge >= 0.3 is 5.97 Å². The van der Waals surface area contributed by atoms with E-state index in [1.54, 1.807) is 16.9 Å². The van der Waals surface area contributed by atoms with E-state index in [4.69, 9.17) is 14.2 Å². The van der Waals surface area contributed by atoms with Gasteiger partial charge in [-0.1, -0.05) is 12.1 Å². The van der Waals surface area contributed by atoms with Crippen molar-refractivity contribution in [2.45, 2.75) is 39.4 Å². The van der Waals surface area contributed by atoms with E-state index >= 15 is 0 Å². The number of carbonyl (C=O) groups excluding carboxylic acids is 3. The first kappa shape index (κ1) is 25.6. The number of ether oxygens (including phenoxy) is 3. The van der Waals surface area contributed by atoms with Crippen LogP contribution in [0.1, 0.15) is 27.6 Å². The van der Waals surface area contributed by atoms with Crippen molar-refractivity contribution in [1.82, 2.24) is 14.8 Å². The van der Waals surface area contributed by atoms with Crippen LogP contribution in [0.5, 0.6) is 5.75 Å². The van der Waals surface area contributed by atoms with Gasteiger partial charge < -0.3 is 24.0 Å². The molecule has 9 nitrogen and oxygen atoms in total. The van der Waals surface area contributed by atoms with Crippen LogP contribution >= 0.6 is 11.3 Å². The van der Waals surface area contributed by atoms with Crippen molar-refractivity contribution in [2.75, 3.05) is 40.4 Å². The number of carbonyl (C=O) groups is 3. The largest absolute Gasteiger partial charge is 0.497 e. The molecule has 1 saturated heterocycles. The smallest absolute Gasteiger partial charge is 0.307 e. The molecule has 1 aromatic heterocycles. The van der Waals surface area contributed by atoms with Gasteiger partial charge in [0.1, 0.15) is 5.75 Å². The second-order valence-electron chi connectivity index (χ2n) is 8.14. The number of aryl methyl sites for hydroxylation is 2. The summed E-state index contributed by atoms with van der Waals surface area (Å²) in [6.07, 6.45) is -0.142. The maximum atomic E-state index is 13.1. The predicted molar refractivity (Wildman–Crippen MR) is 127 cm³/mol. The number of hydrogen-bond donors (Lipinski definition) is 0. The fourth-order valence-electron chi connectivity index (χ4n) is 3.78. The van der Waals surface area contributed by atoms with E-state index in [-0.39, 0.29) is 50.8 Å². The third-order valence-corrected chi connectivity index (χ3v) is 6.70. The van der Waals surface area contributed by atoms with Crippen molar-refractivity contribution in [3.63, 3.8) is 0 Å². The Kier molecular flexibility index (Phi) is 9.00. The topological polar surface area (TPSA) is 98.3 Å². The Balaban J connectivity index is 1.73. The SMILES string of the molecule is COC(=O)CCN1CC(OCc2cccc(OC)c2)CN(C(=O)Cc2sc(C)nc2C)CC1=O. The molecule has 2 amide bonds. The molecule has 2 heterocycles. The van der Waals surface area contributed by atoms with Crippen molar-refractivity contribution in [2.24, 2.45) is 0 Å². The molecule has 184 valence electrons. The maximum absolute atomic E-state index is 13.1. The molecule has 1 aliphatic rings. The zero-order valence-electron chi connectivity index (χ0n) is 20.0. The van der Waals surface area contributed by atoms with Crippen LogP contribution in [0.4, 0.5) is 0 Å². The lowest BCUT2D eigenvalue weighted by Crippen LogP contribution is -2.40. The van der Waals surface area contributed by atoms with E-state index in [0.29, 0.717) is 6.61 Å². The van der Waals surface area contributed by atoms with Gasteiger partial charge in [0.25, 0.3) is 0 Å². The van der Waals surface area contributed by atoms with Crippen molar-refractivity contribution in [1.29, 1.82) is 0 Å². The third-order valence-electron chi connectivity index (χ3n) is 5.62. The molecule has 1 aromatic carbocycles. The third kappa shape index (κ3) is 7.01. The van der Waals surface area contributed by atoms with Crippen LogP contribution in [0, 0.1) is 13.8 Å². The number of nitrogens with zero attached hydrogens (tertiary/aromatic N) is 3. The maximum Gasteiger partial charge on any atom is 0.307 e. The summed E-state index contributed by atoms with van der Waals surface area (Å²) in [6.45, 7) is 4.80. The molecule has 0 saturated carbocycles. The first-order chi connectivity index (χ1) is 16.3. The summed E-state index contributed by atoms with van der Waals surface area (Å²) in [7, 11) is 2.92. The van der Waals surface area contributed by atoms with E-state index in [2.05, 4.69) is 4.98 Å². The van der Waals surface area contributed by atoms with Gasteiger partial charge in [-0.3, -0.25) is 14.4 Å². The van der Waals surface area contributed by atoms with Gasteiger partial charge in [-0.15, -0.1) is 11.3 Å². The highest BCUT2D eigenvalue weighted by atomic mass is 32.1. The molecule has 1 unspecified atom stereocenters. The molecule has 3 rings (SSSR count). The van der Waals surface area contributed by atoms with E-state index < -0.39 is 12.1 Å². The number of thiazole rings is 1. The average Bonchev–Trinajstić information content (AvgIpc) is 3.04. The molecule has 0 spiro atoms. The highest BCUT2D eigenvalue weighted by Gasteiger charge is 2.31. The summed E-state index contributed by atoms with van der Waals surface area (Å²) >= 11 is 1.49. The van der Waals surface area contributed by atoms with Gasteiger partial charge in [0.05, 0.1) is 57.0 Å². The second kappa shape index (κ2) is 11.9. The number of rotatable bonds is 9. The normalized spacial score (nSPS) is 16.4. The van der Waals surface area contributed by atoms with E-state index in [0.717, 1.165) is 26.9 Å². The van der Waals surface area contributed by atoms with Crippen molar-refractivity contribution < 1.29 is 28.6 Å². The highest BCUT2D eigenvalue weighted by Crippen LogP contribution is 2.20. The van der Waals surface area contributed by atoms with Crippen molar-refractivity contribution in [3.8, 4) is 5.75 Å². The summed E-state index contributed by atoms with van der Waals surface area (Å²) < 4.78 is 16.1. The lowest BCUT2D eigenvalue weighted by molar-refractivity contribution is -0.142. The lowest BCUT2D eigenvalue weighted by Gasteiger charge is -2.24.